The lowest BCUT2D eigenvalue weighted by Gasteiger charge is -2.36. The van der Waals surface area contributed by atoms with Gasteiger partial charge in [-0.25, -0.2) is 0 Å². The second-order valence-electron chi connectivity index (χ2n) is 5.64. The Morgan fingerprint density at radius 2 is 1.87 bits per heavy atom. The van der Waals surface area contributed by atoms with Gasteiger partial charge in [-0.3, -0.25) is 4.79 Å². The molecule has 0 aliphatic heterocycles. The second kappa shape index (κ2) is 5.12. The van der Waals surface area contributed by atoms with Crippen LogP contribution in [0.3, 0.4) is 0 Å². The highest BCUT2D eigenvalue weighted by Crippen LogP contribution is 2.36. The van der Waals surface area contributed by atoms with Crippen LogP contribution in [-0.2, 0) is 9.22 Å². The SMILES string of the molecule is C[C@H](CCO[Si](C)(C)C(C)(C)C)C(=O)O. The Hall–Kier alpha value is -0.353. The van der Waals surface area contributed by atoms with Crippen LogP contribution in [0.5, 0.6) is 0 Å². The molecule has 0 amide bonds. The Morgan fingerprint density at radius 1 is 1.40 bits per heavy atom. The molecule has 0 aliphatic carbocycles. The van der Waals surface area contributed by atoms with Crippen molar-refractivity contribution in [2.75, 3.05) is 6.61 Å². The fraction of sp³-hybridized carbons (Fsp3) is 0.909. The maximum atomic E-state index is 10.6. The third-order valence-corrected chi connectivity index (χ3v) is 7.78. The van der Waals surface area contributed by atoms with Gasteiger partial charge in [0.05, 0.1) is 5.92 Å². The zero-order valence-electron chi connectivity index (χ0n) is 10.8. The van der Waals surface area contributed by atoms with Crippen molar-refractivity contribution in [3.8, 4) is 0 Å². The van der Waals surface area contributed by atoms with E-state index in [2.05, 4.69) is 33.9 Å². The summed E-state index contributed by atoms with van der Waals surface area (Å²) in [4.78, 5) is 10.6. The van der Waals surface area contributed by atoms with Crippen molar-refractivity contribution in [2.24, 2.45) is 5.92 Å². The van der Waals surface area contributed by atoms with E-state index in [1.165, 1.54) is 0 Å². The Morgan fingerprint density at radius 3 is 2.20 bits per heavy atom. The van der Waals surface area contributed by atoms with Crippen LogP contribution in [0.4, 0.5) is 0 Å². The maximum Gasteiger partial charge on any atom is 0.306 e. The van der Waals surface area contributed by atoms with Gasteiger partial charge in [0.2, 0.25) is 0 Å². The maximum absolute atomic E-state index is 10.6. The third kappa shape index (κ3) is 4.80. The minimum absolute atomic E-state index is 0.194. The van der Waals surface area contributed by atoms with E-state index >= 15 is 0 Å². The molecule has 0 saturated heterocycles. The van der Waals surface area contributed by atoms with E-state index in [0.717, 1.165) is 0 Å². The number of carboxylic acid groups (broad SMARTS) is 1. The first-order chi connectivity index (χ1) is 6.58. The molecule has 0 heterocycles. The Balaban J connectivity index is 4.01. The lowest BCUT2D eigenvalue weighted by Crippen LogP contribution is -2.41. The fourth-order valence-electron chi connectivity index (χ4n) is 0.831. The molecule has 0 saturated carbocycles. The summed E-state index contributed by atoms with van der Waals surface area (Å²) in [5, 5.41) is 8.92. The van der Waals surface area contributed by atoms with Crippen LogP contribution in [0.1, 0.15) is 34.1 Å². The number of carbonyl (C=O) groups is 1. The van der Waals surface area contributed by atoms with E-state index in [4.69, 9.17) is 9.53 Å². The van der Waals surface area contributed by atoms with Crippen molar-refractivity contribution >= 4 is 14.3 Å². The van der Waals surface area contributed by atoms with Gasteiger partial charge in [0.25, 0.3) is 0 Å². The molecule has 0 bridgehead atoms. The van der Waals surface area contributed by atoms with Crippen molar-refractivity contribution < 1.29 is 14.3 Å². The van der Waals surface area contributed by atoms with Gasteiger partial charge >= 0.3 is 5.97 Å². The first kappa shape index (κ1) is 14.6. The summed E-state index contributed by atoms with van der Waals surface area (Å²) in [6, 6.07) is 0. The molecule has 4 heteroatoms. The summed E-state index contributed by atoms with van der Waals surface area (Å²) in [5.41, 5.74) is 0. The van der Waals surface area contributed by atoms with Crippen LogP contribution in [0.15, 0.2) is 0 Å². The molecule has 1 atom stereocenters. The van der Waals surface area contributed by atoms with Gasteiger partial charge in [-0.15, -0.1) is 0 Å². The van der Waals surface area contributed by atoms with Crippen LogP contribution in [0, 0.1) is 5.92 Å². The lowest BCUT2D eigenvalue weighted by atomic mass is 10.1. The van der Waals surface area contributed by atoms with Crippen LogP contribution in [0.25, 0.3) is 0 Å². The van der Waals surface area contributed by atoms with Crippen molar-refractivity contribution in [3.63, 3.8) is 0 Å². The third-order valence-electron chi connectivity index (χ3n) is 3.24. The molecule has 0 aliphatic rings. The monoisotopic (exact) mass is 232 g/mol. The molecule has 0 spiro atoms. The van der Waals surface area contributed by atoms with E-state index < -0.39 is 14.3 Å². The number of hydrogen-bond acceptors (Lipinski definition) is 2. The standard InChI is InChI=1S/C11H24O3Si/c1-9(10(12)13)7-8-14-15(5,6)11(2,3)4/h9H,7-8H2,1-6H3,(H,12,13)/t9-/m1/s1. The normalized spacial score (nSPS) is 15.1. The minimum atomic E-state index is -1.70. The van der Waals surface area contributed by atoms with E-state index in [1.807, 2.05) is 0 Å². The second-order valence-corrected chi connectivity index (χ2v) is 10.4. The topological polar surface area (TPSA) is 46.5 Å². The average molecular weight is 232 g/mol. The molecule has 0 aromatic rings. The number of rotatable bonds is 5. The van der Waals surface area contributed by atoms with E-state index in [0.29, 0.717) is 13.0 Å². The summed E-state index contributed by atoms with van der Waals surface area (Å²) in [6.07, 6.45) is 0.599. The number of aliphatic carboxylic acids is 1. The molecule has 90 valence electrons. The van der Waals surface area contributed by atoms with E-state index in [1.54, 1.807) is 6.92 Å². The molecule has 0 aromatic heterocycles. The molecule has 0 radical (unpaired) electrons. The first-order valence-electron chi connectivity index (χ1n) is 5.44. The van der Waals surface area contributed by atoms with Gasteiger partial charge in [-0.1, -0.05) is 27.7 Å². The van der Waals surface area contributed by atoms with Gasteiger partial charge in [0.15, 0.2) is 8.32 Å². The quantitative estimate of drug-likeness (QED) is 0.741. The van der Waals surface area contributed by atoms with Crippen LogP contribution in [-0.4, -0.2) is 26.0 Å². The Labute approximate surface area is 94.0 Å². The van der Waals surface area contributed by atoms with Crippen molar-refractivity contribution in [3.05, 3.63) is 0 Å². The van der Waals surface area contributed by atoms with Gasteiger partial charge < -0.3 is 9.53 Å². The van der Waals surface area contributed by atoms with Gasteiger partial charge in [0.1, 0.15) is 0 Å². The molecule has 0 rings (SSSR count). The van der Waals surface area contributed by atoms with E-state index in [9.17, 15) is 4.79 Å². The van der Waals surface area contributed by atoms with Crippen LogP contribution in [0.2, 0.25) is 18.1 Å². The summed E-state index contributed by atoms with van der Waals surface area (Å²) < 4.78 is 5.89. The highest BCUT2D eigenvalue weighted by molar-refractivity contribution is 6.74. The average Bonchev–Trinajstić information content (AvgIpc) is 2.01. The molecule has 1 N–H and O–H groups in total. The molecule has 0 unspecified atom stereocenters. The van der Waals surface area contributed by atoms with Gasteiger partial charge in [-0.05, 0) is 24.6 Å². The lowest BCUT2D eigenvalue weighted by molar-refractivity contribution is -0.141. The van der Waals surface area contributed by atoms with E-state index in [-0.39, 0.29) is 11.0 Å². The predicted octanol–water partition coefficient (Wildman–Crippen LogP) is 3.12. The summed E-state index contributed by atoms with van der Waals surface area (Å²) >= 11 is 0. The molecule has 15 heavy (non-hydrogen) atoms. The largest absolute Gasteiger partial charge is 0.481 e. The summed E-state index contributed by atoms with van der Waals surface area (Å²) in [5.74, 6) is -1.05. The smallest absolute Gasteiger partial charge is 0.306 e. The van der Waals surface area contributed by atoms with Crippen LogP contribution < -0.4 is 0 Å². The molecular formula is C11H24O3Si. The highest BCUT2D eigenvalue weighted by Gasteiger charge is 2.37. The zero-order chi connectivity index (χ0) is 12.3. The molecule has 3 nitrogen and oxygen atoms in total. The van der Waals surface area contributed by atoms with Crippen molar-refractivity contribution in [1.82, 2.24) is 0 Å². The first-order valence-corrected chi connectivity index (χ1v) is 8.35. The van der Waals surface area contributed by atoms with Gasteiger partial charge in [-0.2, -0.15) is 0 Å². The summed E-state index contributed by atoms with van der Waals surface area (Å²) in [7, 11) is -1.70. The summed E-state index contributed by atoms with van der Waals surface area (Å²) in [6.45, 7) is 13.2. The minimum Gasteiger partial charge on any atom is -0.481 e. The number of hydrogen-bond donors (Lipinski definition) is 1. The molecule has 0 fully saturated rings. The van der Waals surface area contributed by atoms with Crippen LogP contribution >= 0.6 is 0 Å². The molecular weight excluding hydrogens is 208 g/mol. The number of carboxylic acids is 1. The highest BCUT2D eigenvalue weighted by atomic mass is 28.4. The zero-order valence-corrected chi connectivity index (χ0v) is 11.8. The Bertz CT molecular complexity index is 218. The fourth-order valence-corrected chi connectivity index (χ4v) is 1.89. The van der Waals surface area contributed by atoms with Crippen molar-refractivity contribution in [1.29, 1.82) is 0 Å². The van der Waals surface area contributed by atoms with Gasteiger partial charge in [0, 0.05) is 6.61 Å². The predicted molar refractivity (Wildman–Crippen MR) is 64.6 cm³/mol. The van der Waals surface area contributed by atoms with Crippen molar-refractivity contribution in [2.45, 2.75) is 52.2 Å². The molecule has 0 aromatic carbocycles. The Kier molecular flexibility index (Phi) is 5.00.